The molecule has 0 aliphatic heterocycles. The van der Waals surface area contributed by atoms with Crippen LogP contribution >= 0.6 is 23.1 Å². The minimum atomic E-state index is -1.42. The van der Waals surface area contributed by atoms with E-state index in [4.69, 9.17) is 10.5 Å². The predicted octanol–water partition coefficient (Wildman–Crippen LogP) is 6.61. The van der Waals surface area contributed by atoms with Crippen LogP contribution in [-0.2, 0) is 0 Å². The number of alkyl halides is 1. The van der Waals surface area contributed by atoms with Gasteiger partial charge in [-0.15, -0.1) is 11.3 Å². The number of halogens is 1. The van der Waals surface area contributed by atoms with Crippen molar-refractivity contribution in [3.63, 3.8) is 0 Å². The number of nitrogens with zero attached hydrogens (tertiary/aromatic N) is 2. The molecule has 0 bridgehead atoms. The highest BCUT2D eigenvalue weighted by molar-refractivity contribution is 8.11. The van der Waals surface area contributed by atoms with E-state index in [0.717, 1.165) is 21.7 Å². The Bertz CT molecular complexity index is 814. The number of aryl methyl sites for hydroxylation is 1. The molecule has 28 heavy (non-hydrogen) atoms. The Balaban J connectivity index is 0.00000122. The number of anilines is 2. The standard InChI is InChI=1S/C17H21FN4OS2.C3H8/c1-9(2)15(25-12(5)19)13-8-24-17(20-13)22-14-7-6-10(3)16(21-14)23-11(4)18;1-3-2/h6-8,11H,5,19H2,1-4H3,(H,20,21,22);3H2,1-2H3. The van der Waals surface area contributed by atoms with Gasteiger partial charge in [0.25, 0.3) is 0 Å². The maximum absolute atomic E-state index is 13.1. The average molecular weight is 425 g/mol. The molecule has 1 unspecified atom stereocenters. The molecule has 2 aromatic rings. The molecule has 0 saturated heterocycles. The highest BCUT2D eigenvalue weighted by Crippen LogP contribution is 2.35. The van der Waals surface area contributed by atoms with Gasteiger partial charge in [-0.2, -0.15) is 4.98 Å². The molecule has 8 heteroatoms. The number of aromatic nitrogens is 2. The smallest absolute Gasteiger partial charge is 0.237 e. The second kappa shape index (κ2) is 11.7. The molecule has 2 aromatic heterocycles. The molecule has 0 spiro atoms. The maximum atomic E-state index is 13.1. The summed E-state index contributed by atoms with van der Waals surface area (Å²) in [6, 6.07) is 3.61. The predicted molar refractivity (Wildman–Crippen MR) is 121 cm³/mol. The topological polar surface area (TPSA) is 73.1 Å². The Morgan fingerprint density at radius 2 is 2.00 bits per heavy atom. The SMILES string of the molecule is C=C(N)SC(=C(C)C)c1csc(Nc2ccc(C)c(OC(C)F)n2)n1.CCC. The summed E-state index contributed by atoms with van der Waals surface area (Å²) in [5, 5.41) is 6.25. The summed E-state index contributed by atoms with van der Waals surface area (Å²) in [5.41, 5.74) is 8.40. The highest BCUT2D eigenvalue weighted by atomic mass is 32.2. The molecule has 2 heterocycles. The molecule has 0 aliphatic rings. The molecular formula is C20H29FN4OS2. The summed E-state index contributed by atoms with van der Waals surface area (Å²) >= 11 is 2.84. The van der Waals surface area contributed by atoms with E-state index < -0.39 is 6.36 Å². The highest BCUT2D eigenvalue weighted by Gasteiger charge is 2.12. The van der Waals surface area contributed by atoms with E-state index in [1.54, 1.807) is 6.07 Å². The second-order valence-corrected chi connectivity index (χ2v) is 8.24. The molecule has 0 aliphatic carbocycles. The van der Waals surface area contributed by atoms with Crippen molar-refractivity contribution in [2.75, 3.05) is 5.32 Å². The lowest BCUT2D eigenvalue weighted by molar-refractivity contribution is 0.0803. The number of hydrogen-bond acceptors (Lipinski definition) is 7. The number of rotatable bonds is 7. The Morgan fingerprint density at radius 3 is 2.54 bits per heavy atom. The summed E-state index contributed by atoms with van der Waals surface area (Å²) < 4.78 is 18.2. The molecule has 0 fully saturated rings. The van der Waals surface area contributed by atoms with Crippen LogP contribution in [0, 0.1) is 6.92 Å². The van der Waals surface area contributed by atoms with Gasteiger partial charge in [0.2, 0.25) is 12.2 Å². The normalized spacial score (nSPS) is 11.1. The molecule has 2 rings (SSSR count). The zero-order valence-electron chi connectivity index (χ0n) is 17.3. The van der Waals surface area contributed by atoms with Crippen molar-refractivity contribution >= 4 is 39.0 Å². The van der Waals surface area contributed by atoms with Gasteiger partial charge < -0.3 is 15.8 Å². The minimum Gasteiger partial charge on any atom is -0.443 e. The van der Waals surface area contributed by atoms with Gasteiger partial charge in [0.1, 0.15) is 5.82 Å². The number of thioether (sulfide) groups is 1. The quantitative estimate of drug-likeness (QED) is 0.521. The summed E-state index contributed by atoms with van der Waals surface area (Å²) in [6.07, 6.45) is -0.172. The Morgan fingerprint density at radius 1 is 1.36 bits per heavy atom. The van der Waals surface area contributed by atoms with Crippen molar-refractivity contribution in [2.24, 2.45) is 5.73 Å². The van der Waals surface area contributed by atoms with Gasteiger partial charge in [0, 0.05) is 22.8 Å². The first-order chi connectivity index (χ1) is 13.2. The third-order valence-corrected chi connectivity index (χ3v) is 4.83. The first kappa shape index (κ1) is 24.0. The van der Waals surface area contributed by atoms with Crippen LogP contribution in [0.25, 0.3) is 4.91 Å². The van der Waals surface area contributed by atoms with Crippen molar-refractivity contribution in [2.45, 2.75) is 54.3 Å². The maximum Gasteiger partial charge on any atom is 0.237 e. The summed E-state index contributed by atoms with van der Waals surface area (Å²) in [5.74, 6) is 0.800. The van der Waals surface area contributed by atoms with Gasteiger partial charge >= 0.3 is 0 Å². The van der Waals surface area contributed by atoms with E-state index in [9.17, 15) is 4.39 Å². The molecule has 154 valence electrons. The van der Waals surface area contributed by atoms with Crippen molar-refractivity contribution in [1.82, 2.24) is 9.97 Å². The lowest BCUT2D eigenvalue weighted by Crippen LogP contribution is -2.07. The summed E-state index contributed by atoms with van der Waals surface area (Å²) in [4.78, 5) is 9.83. The molecular weight excluding hydrogens is 395 g/mol. The number of hydrogen-bond donors (Lipinski definition) is 2. The number of allylic oxidation sites excluding steroid dienone is 1. The summed E-state index contributed by atoms with van der Waals surface area (Å²) in [7, 11) is 0. The van der Waals surface area contributed by atoms with E-state index >= 15 is 0 Å². The van der Waals surface area contributed by atoms with Crippen molar-refractivity contribution in [1.29, 1.82) is 0 Å². The first-order valence-electron chi connectivity index (χ1n) is 8.98. The lowest BCUT2D eigenvalue weighted by Gasteiger charge is -2.10. The van der Waals surface area contributed by atoms with E-state index in [2.05, 4.69) is 35.7 Å². The van der Waals surface area contributed by atoms with Gasteiger partial charge in [-0.1, -0.05) is 50.2 Å². The Labute approximate surface area is 175 Å². The van der Waals surface area contributed by atoms with Crippen LogP contribution in [0.2, 0.25) is 0 Å². The molecule has 0 saturated carbocycles. The molecule has 5 nitrogen and oxygen atoms in total. The van der Waals surface area contributed by atoms with Crippen LogP contribution in [-0.4, -0.2) is 16.3 Å². The third kappa shape index (κ3) is 7.90. The van der Waals surface area contributed by atoms with Gasteiger partial charge in [0.05, 0.1) is 10.7 Å². The fraction of sp³-hybridized carbons (Fsp3) is 0.400. The molecule has 0 radical (unpaired) electrons. The van der Waals surface area contributed by atoms with Gasteiger partial charge in [-0.25, -0.2) is 9.37 Å². The van der Waals surface area contributed by atoms with E-state index in [1.807, 2.05) is 32.2 Å². The molecule has 3 N–H and O–H groups in total. The fourth-order valence-electron chi connectivity index (χ4n) is 1.94. The second-order valence-electron chi connectivity index (χ2n) is 6.25. The number of nitrogens with two attached hydrogens (primary N) is 1. The van der Waals surface area contributed by atoms with Crippen LogP contribution in [0.5, 0.6) is 5.88 Å². The molecule has 0 aromatic carbocycles. The number of ether oxygens (including phenoxy) is 1. The monoisotopic (exact) mass is 424 g/mol. The van der Waals surface area contributed by atoms with Crippen molar-refractivity contribution < 1.29 is 9.13 Å². The number of nitrogens with one attached hydrogen (secondary N) is 1. The van der Waals surface area contributed by atoms with Gasteiger partial charge in [-0.05, 0) is 26.8 Å². The third-order valence-electron chi connectivity index (χ3n) is 2.98. The fourth-order valence-corrected chi connectivity index (χ4v) is 3.40. The molecule has 0 amide bonds. The van der Waals surface area contributed by atoms with Crippen LogP contribution in [0.15, 0.2) is 34.7 Å². The van der Waals surface area contributed by atoms with E-state index in [0.29, 0.717) is 16.0 Å². The van der Waals surface area contributed by atoms with Crippen LogP contribution in [0.4, 0.5) is 15.3 Å². The van der Waals surface area contributed by atoms with Crippen molar-refractivity contribution in [3.8, 4) is 5.88 Å². The Kier molecular flexibility index (Phi) is 10.0. The van der Waals surface area contributed by atoms with Crippen LogP contribution < -0.4 is 15.8 Å². The van der Waals surface area contributed by atoms with Crippen LogP contribution in [0.3, 0.4) is 0 Å². The average Bonchev–Trinajstić information content (AvgIpc) is 3.03. The lowest BCUT2D eigenvalue weighted by atomic mass is 10.3. The van der Waals surface area contributed by atoms with Gasteiger partial charge in [-0.3, -0.25) is 0 Å². The first-order valence-corrected chi connectivity index (χ1v) is 10.7. The van der Waals surface area contributed by atoms with Crippen molar-refractivity contribution in [3.05, 3.63) is 46.0 Å². The number of pyridine rings is 1. The van der Waals surface area contributed by atoms with E-state index in [-0.39, 0.29) is 5.88 Å². The largest absolute Gasteiger partial charge is 0.443 e. The summed E-state index contributed by atoms with van der Waals surface area (Å²) in [6.45, 7) is 15.1. The zero-order valence-corrected chi connectivity index (χ0v) is 18.9. The van der Waals surface area contributed by atoms with Crippen LogP contribution in [0.1, 0.15) is 52.3 Å². The zero-order chi connectivity index (χ0) is 21.3. The molecule has 1 atom stereocenters. The minimum absolute atomic E-state index is 0.261. The number of thiazole rings is 1. The van der Waals surface area contributed by atoms with E-state index in [1.165, 1.54) is 36.4 Å². The van der Waals surface area contributed by atoms with Gasteiger partial charge in [0.15, 0.2) is 5.13 Å². The Hall–Kier alpha value is -2.06.